The second-order valence-corrected chi connectivity index (χ2v) is 5.79. The number of thiophene rings is 1. The Hall–Kier alpha value is -2.93. The fourth-order valence-electron chi connectivity index (χ4n) is 1.89. The summed E-state index contributed by atoms with van der Waals surface area (Å²) >= 11 is 1.49. The Morgan fingerprint density at radius 1 is 1.04 bits per heavy atom. The van der Waals surface area contributed by atoms with E-state index in [1.165, 1.54) is 11.3 Å². The summed E-state index contributed by atoms with van der Waals surface area (Å²) in [5.74, 6) is -1.94. The van der Waals surface area contributed by atoms with E-state index in [9.17, 15) is 14.4 Å². The summed E-state index contributed by atoms with van der Waals surface area (Å²) in [6, 6.07) is 10.2. The molecule has 7 heteroatoms. The number of rotatable bonds is 6. The molecule has 0 unspecified atom stereocenters. The molecule has 0 aliphatic carbocycles. The zero-order chi connectivity index (χ0) is 17.4. The van der Waals surface area contributed by atoms with Crippen molar-refractivity contribution in [1.29, 1.82) is 0 Å². The number of amides is 3. The second kappa shape index (κ2) is 8.64. The minimum Gasteiger partial charge on any atom is -0.349 e. The zero-order valence-corrected chi connectivity index (χ0v) is 13.7. The van der Waals surface area contributed by atoms with Crippen molar-refractivity contribution in [1.82, 2.24) is 10.6 Å². The minimum atomic E-state index is -0.824. The van der Waals surface area contributed by atoms with Gasteiger partial charge in [0.1, 0.15) is 0 Å². The van der Waals surface area contributed by atoms with Gasteiger partial charge >= 0.3 is 11.8 Å². The van der Waals surface area contributed by atoms with E-state index in [1.54, 1.807) is 30.3 Å². The standard InChI is InChI=1S/C17H17N3O3S/c1-2-9-18-15(21)13-7-3-4-8-14(13)20-17(23)16(22)19-11-12-6-5-10-24-12/h2-8,10H,1,9,11H2,(H,18,21)(H,19,22)(H,20,23). The Labute approximate surface area is 143 Å². The summed E-state index contributed by atoms with van der Waals surface area (Å²) in [4.78, 5) is 36.8. The van der Waals surface area contributed by atoms with Crippen LogP contribution in [0.2, 0.25) is 0 Å². The molecule has 0 radical (unpaired) electrons. The molecule has 3 amide bonds. The summed E-state index contributed by atoms with van der Waals surface area (Å²) in [5.41, 5.74) is 0.550. The van der Waals surface area contributed by atoms with Crippen LogP contribution in [-0.4, -0.2) is 24.3 Å². The van der Waals surface area contributed by atoms with Crippen LogP contribution in [0.1, 0.15) is 15.2 Å². The Balaban J connectivity index is 1.99. The maximum Gasteiger partial charge on any atom is 0.313 e. The summed E-state index contributed by atoms with van der Waals surface area (Å²) in [5, 5.41) is 9.51. The first-order chi connectivity index (χ1) is 11.6. The van der Waals surface area contributed by atoms with Gasteiger partial charge < -0.3 is 16.0 Å². The van der Waals surface area contributed by atoms with Gasteiger partial charge in [0.2, 0.25) is 0 Å². The van der Waals surface area contributed by atoms with E-state index < -0.39 is 11.8 Å². The van der Waals surface area contributed by atoms with Crippen LogP contribution < -0.4 is 16.0 Å². The summed E-state index contributed by atoms with van der Waals surface area (Å²) in [6.45, 7) is 4.12. The van der Waals surface area contributed by atoms with Crippen LogP contribution >= 0.6 is 11.3 Å². The van der Waals surface area contributed by atoms with Crippen molar-refractivity contribution >= 4 is 34.7 Å². The molecular formula is C17H17N3O3S. The lowest BCUT2D eigenvalue weighted by Crippen LogP contribution is -2.35. The molecule has 124 valence electrons. The Morgan fingerprint density at radius 2 is 1.83 bits per heavy atom. The van der Waals surface area contributed by atoms with Crippen LogP contribution in [-0.2, 0) is 16.1 Å². The Morgan fingerprint density at radius 3 is 2.54 bits per heavy atom. The van der Waals surface area contributed by atoms with Crippen LogP contribution in [0.3, 0.4) is 0 Å². The van der Waals surface area contributed by atoms with Gasteiger partial charge in [-0.2, -0.15) is 0 Å². The number of benzene rings is 1. The number of carbonyl (C=O) groups is 3. The fraction of sp³-hybridized carbons (Fsp3) is 0.118. The Kier molecular flexibility index (Phi) is 6.27. The lowest BCUT2D eigenvalue weighted by molar-refractivity contribution is -0.136. The average Bonchev–Trinajstić information content (AvgIpc) is 3.11. The molecule has 0 saturated carbocycles. The molecule has 6 nitrogen and oxygen atoms in total. The van der Waals surface area contributed by atoms with Crippen LogP contribution in [0, 0.1) is 0 Å². The summed E-state index contributed by atoms with van der Waals surface area (Å²) in [6.07, 6.45) is 1.55. The molecule has 24 heavy (non-hydrogen) atoms. The van der Waals surface area contributed by atoms with Crippen molar-refractivity contribution in [2.24, 2.45) is 0 Å². The van der Waals surface area contributed by atoms with Gasteiger partial charge in [0.05, 0.1) is 17.8 Å². The van der Waals surface area contributed by atoms with Crippen molar-refractivity contribution in [3.63, 3.8) is 0 Å². The summed E-state index contributed by atoms with van der Waals surface area (Å²) < 4.78 is 0. The highest BCUT2D eigenvalue weighted by molar-refractivity contribution is 7.09. The largest absolute Gasteiger partial charge is 0.349 e. The third-order valence-electron chi connectivity index (χ3n) is 3.04. The Bertz CT molecular complexity index is 741. The maximum absolute atomic E-state index is 12.0. The molecule has 0 saturated heterocycles. The molecule has 0 atom stereocenters. The molecule has 2 rings (SSSR count). The van der Waals surface area contributed by atoms with Crippen molar-refractivity contribution in [3.05, 3.63) is 64.9 Å². The van der Waals surface area contributed by atoms with Crippen molar-refractivity contribution in [2.45, 2.75) is 6.54 Å². The highest BCUT2D eigenvalue weighted by Gasteiger charge is 2.17. The first-order valence-corrected chi connectivity index (χ1v) is 8.09. The molecule has 0 bridgehead atoms. The average molecular weight is 343 g/mol. The van der Waals surface area contributed by atoms with E-state index in [1.807, 2.05) is 17.5 Å². The van der Waals surface area contributed by atoms with Crippen molar-refractivity contribution < 1.29 is 14.4 Å². The van der Waals surface area contributed by atoms with E-state index in [4.69, 9.17) is 0 Å². The van der Waals surface area contributed by atoms with Crippen LogP contribution in [0.5, 0.6) is 0 Å². The molecule has 0 fully saturated rings. The third kappa shape index (κ3) is 4.79. The number of anilines is 1. The van der Waals surface area contributed by atoms with Crippen molar-refractivity contribution in [3.8, 4) is 0 Å². The smallest absolute Gasteiger partial charge is 0.313 e. The lowest BCUT2D eigenvalue weighted by atomic mass is 10.1. The summed E-state index contributed by atoms with van der Waals surface area (Å²) in [7, 11) is 0. The number of hydrogen-bond donors (Lipinski definition) is 3. The topological polar surface area (TPSA) is 87.3 Å². The number of para-hydroxylation sites is 1. The van der Waals surface area contributed by atoms with Crippen molar-refractivity contribution in [2.75, 3.05) is 11.9 Å². The number of nitrogens with one attached hydrogen (secondary N) is 3. The first-order valence-electron chi connectivity index (χ1n) is 7.21. The fourth-order valence-corrected chi connectivity index (χ4v) is 2.53. The SMILES string of the molecule is C=CCNC(=O)c1ccccc1NC(=O)C(=O)NCc1cccs1. The van der Waals surface area contributed by atoms with Crippen LogP contribution in [0.4, 0.5) is 5.69 Å². The van der Waals surface area contributed by atoms with Gasteiger partial charge in [0.25, 0.3) is 5.91 Å². The van der Waals surface area contributed by atoms with Gasteiger partial charge in [-0.15, -0.1) is 17.9 Å². The zero-order valence-electron chi connectivity index (χ0n) is 12.9. The van der Waals surface area contributed by atoms with E-state index >= 15 is 0 Å². The predicted octanol–water partition coefficient (Wildman–Crippen LogP) is 1.92. The lowest BCUT2D eigenvalue weighted by Gasteiger charge is -2.10. The molecule has 2 aromatic rings. The second-order valence-electron chi connectivity index (χ2n) is 4.76. The van der Waals surface area contributed by atoms with Crippen LogP contribution in [0.15, 0.2) is 54.4 Å². The predicted molar refractivity (Wildman–Crippen MR) is 93.8 cm³/mol. The highest BCUT2D eigenvalue weighted by Crippen LogP contribution is 2.15. The number of hydrogen-bond acceptors (Lipinski definition) is 4. The van der Waals surface area contributed by atoms with Gasteiger partial charge in [0.15, 0.2) is 0 Å². The van der Waals surface area contributed by atoms with Crippen LogP contribution in [0.25, 0.3) is 0 Å². The van der Waals surface area contributed by atoms with E-state index in [0.29, 0.717) is 6.54 Å². The number of carbonyl (C=O) groups excluding carboxylic acids is 3. The molecule has 0 aliphatic heterocycles. The minimum absolute atomic E-state index is 0.273. The first kappa shape index (κ1) is 17.4. The van der Waals surface area contributed by atoms with E-state index in [0.717, 1.165) is 4.88 Å². The maximum atomic E-state index is 12.0. The monoisotopic (exact) mass is 343 g/mol. The molecule has 0 aliphatic rings. The van der Waals surface area contributed by atoms with E-state index in [2.05, 4.69) is 22.5 Å². The third-order valence-corrected chi connectivity index (χ3v) is 3.91. The van der Waals surface area contributed by atoms with Gasteiger partial charge in [-0.1, -0.05) is 24.3 Å². The molecule has 1 aromatic carbocycles. The molecule has 3 N–H and O–H groups in total. The molecule has 0 spiro atoms. The molecule has 1 aromatic heterocycles. The molecular weight excluding hydrogens is 326 g/mol. The highest BCUT2D eigenvalue weighted by atomic mass is 32.1. The quantitative estimate of drug-likeness (QED) is 0.553. The molecule has 1 heterocycles. The van der Waals surface area contributed by atoms with Gasteiger partial charge in [-0.25, -0.2) is 0 Å². The van der Waals surface area contributed by atoms with Gasteiger partial charge in [-0.3, -0.25) is 14.4 Å². The van der Waals surface area contributed by atoms with Gasteiger partial charge in [0, 0.05) is 11.4 Å². The van der Waals surface area contributed by atoms with Gasteiger partial charge in [-0.05, 0) is 23.6 Å². The normalized spacial score (nSPS) is 9.83. The van der Waals surface area contributed by atoms with E-state index in [-0.39, 0.29) is 23.7 Å².